The third kappa shape index (κ3) is 2.07. The van der Waals surface area contributed by atoms with Gasteiger partial charge in [-0.25, -0.2) is 0 Å². The molecule has 3 rings (SSSR count). The van der Waals surface area contributed by atoms with E-state index in [0.717, 1.165) is 29.7 Å². The summed E-state index contributed by atoms with van der Waals surface area (Å²) in [6.07, 6.45) is 13.7. The lowest BCUT2D eigenvalue weighted by Crippen LogP contribution is -2.38. The minimum absolute atomic E-state index is 0.737. The molecule has 3 aliphatic rings. The summed E-state index contributed by atoms with van der Waals surface area (Å²) < 4.78 is 0. The SMILES string of the molecule is CC(NCC1CCCC1)C1CC2C=CC1C2. The van der Waals surface area contributed by atoms with Crippen molar-refractivity contribution in [2.75, 3.05) is 6.54 Å². The number of nitrogens with one attached hydrogen (secondary N) is 1. The van der Waals surface area contributed by atoms with Crippen molar-refractivity contribution >= 4 is 0 Å². The normalized spacial score (nSPS) is 39.7. The lowest BCUT2D eigenvalue weighted by Gasteiger charge is -2.27. The zero-order chi connectivity index (χ0) is 11.0. The Morgan fingerprint density at radius 1 is 1.19 bits per heavy atom. The van der Waals surface area contributed by atoms with Gasteiger partial charge in [0, 0.05) is 6.04 Å². The number of fused-ring (bicyclic) bond motifs is 2. The molecule has 2 bridgehead atoms. The highest BCUT2D eigenvalue weighted by Gasteiger charge is 2.38. The van der Waals surface area contributed by atoms with Gasteiger partial charge in [0.25, 0.3) is 0 Å². The second-order valence-electron chi connectivity index (χ2n) is 6.29. The second-order valence-corrected chi connectivity index (χ2v) is 6.29. The molecule has 4 unspecified atom stereocenters. The van der Waals surface area contributed by atoms with E-state index in [0.29, 0.717) is 0 Å². The van der Waals surface area contributed by atoms with Gasteiger partial charge in [-0.3, -0.25) is 0 Å². The Balaban J connectivity index is 1.46. The molecule has 0 aromatic rings. The van der Waals surface area contributed by atoms with E-state index in [9.17, 15) is 0 Å². The van der Waals surface area contributed by atoms with Crippen molar-refractivity contribution in [2.24, 2.45) is 23.7 Å². The zero-order valence-electron chi connectivity index (χ0n) is 10.5. The maximum Gasteiger partial charge on any atom is 0.00729 e. The molecule has 0 aliphatic heterocycles. The van der Waals surface area contributed by atoms with E-state index in [2.05, 4.69) is 24.4 Å². The number of allylic oxidation sites excluding steroid dienone is 2. The van der Waals surface area contributed by atoms with E-state index in [4.69, 9.17) is 0 Å². The van der Waals surface area contributed by atoms with Crippen molar-refractivity contribution in [3.8, 4) is 0 Å². The Hall–Kier alpha value is -0.300. The largest absolute Gasteiger partial charge is 0.314 e. The summed E-state index contributed by atoms with van der Waals surface area (Å²) in [6, 6.07) is 0.737. The Kier molecular flexibility index (Phi) is 3.06. The fourth-order valence-corrected chi connectivity index (χ4v) is 4.12. The van der Waals surface area contributed by atoms with E-state index in [1.807, 2.05) is 0 Å². The van der Waals surface area contributed by atoms with Crippen molar-refractivity contribution < 1.29 is 0 Å². The first kappa shape index (κ1) is 10.8. The topological polar surface area (TPSA) is 12.0 Å². The van der Waals surface area contributed by atoms with Gasteiger partial charge in [-0.2, -0.15) is 0 Å². The average Bonchev–Trinajstić information content (AvgIpc) is 3.01. The van der Waals surface area contributed by atoms with Gasteiger partial charge >= 0.3 is 0 Å². The lowest BCUT2D eigenvalue weighted by molar-refractivity contribution is 0.310. The molecule has 90 valence electrons. The van der Waals surface area contributed by atoms with Crippen LogP contribution in [0.1, 0.15) is 45.4 Å². The minimum Gasteiger partial charge on any atom is -0.314 e. The first-order valence-corrected chi connectivity index (χ1v) is 7.24. The molecule has 1 nitrogen and oxygen atoms in total. The van der Waals surface area contributed by atoms with Gasteiger partial charge in [-0.1, -0.05) is 25.0 Å². The summed E-state index contributed by atoms with van der Waals surface area (Å²) >= 11 is 0. The first-order valence-electron chi connectivity index (χ1n) is 7.24. The molecule has 0 heterocycles. The Labute approximate surface area is 99.7 Å². The minimum atomic E-state index is 0.737. The maximum atomic E-state index is 3.82. The molecule has 3 aliphatic carbocycles. The predicted molar refractivity (Wildman–Crippen MR) is 68.3 cm³/mol. The van der Waals surface area contributed by atoms with Crippen LogP contribution in [0.15, 0.2) is 12.2 Å². The molecule has 16 heavy (non-hydrogen) atoms. The molecule has 0 saturated heterocycles. The fourth-order valence-electron chi connectivity index (χ4n) is 4.12. The van der Waals surface area contributed by atoms with E-state index in [-0.39, 0.29) is 0 Å². The molecular formula is C15H25N. The molecule has 1 heteroatoms. The van der Waals surface area contributed by atoms with Crippen LogP contribution in [0.25, 0.3) is 0 Å². The summed E-state index contributed by atoms with van der Waals surface area (Å²) in [7, 11) is 0. The average molecular weight is 219 g/mol. The van der Waals surface area contributed by atoms with E-state index in [1.165, 1.54) is 45.1 Å². The van der Waals surface area contributed by atoms with Crippen LogP contribution in [0, 0.1) is 23.7 Å². The number of rotatable bonds is 4. The van der Waals surface area contributed by atoms with Gasteiger partial charge in [0.2, 0.25) is 0 Å². The molecule has 0 amide bonds. The van der Waals surface area contributed by atoms with Crippen molar-refractivity contribution in [1.82, 2.24) is 5.32 Å². The highest BCUT2D eigenvalue weighted by atomic mass is 14.9. The summed E-state index contributed by atoms with van der Waals surface area (Å²) in [5, 5.41) is 3.82. The number of hydrogen-bond acceptors (Lipinski definition) is 1. The van der Waals surface area contributed by atoms with E-state index < -0.39 is 0 Å². The van der Waals surface area contributed by atoms with Crippen LogP contribution >= 0.6 is 0 Å². The first-order chi connectivity index (χ1) is 7.83. The number of hydrogen-bond donors (Lipinski definition) is 1. The van der Waals surface area contributed by atoms with Crippen molar-refractivity contribution in [3.63, 3.8) is 0 Å². The van der Waals surface area contributed by atoms with Gasteiger partial charge in [0.1, 0.15) is 0 Å². The third-order valence-corrected chi connectivity index (χ3v) is 5.18. The van der Waals surface area contributed by atoms with Gasteiger partial charge in [-0.05, 0) is 62.8 Å². The standard InChI is InChI=1S/C15H25N/c1-11(16-10-12-4-2-3-5-12)15-9-13-6-7-14(15)8-13/h6-7,11-16H,2-5,8-10H2,1H3. The van der Waals surface area contributed by atoms with Crippen molar-refractivity contribution in [3.05, 3.63) is 12.2 Å². The van der Waals surface area contributed by atoms with E-state index in [1.54, 1.807) is 0 Å². The van der Waals surface area contributed by atoms with Crippen LogP contribution in [-0.4, -0.2) is 12.6 Å². The molecule has 0 aromatic carbocycles. The van der Waals surface area contributed by atoms with Crippen LogP contribution in [0.2, 0.25) is 0 Å². The molecule has 4 atom stereocenters. The van der Waals surface area contributed by atoms with Crippen LogP contribution < -0.4 is 5.32 Å². The van der Waals surface area contributed by atoms with Crippen molar-refractivity contribution in [1.29, 1.82) is 0 Å². The lowest BCUT2D eigenvalue weighted by atomic mass is 9.87. The highest BCUT2D eigenvalue weighted by Crippen LogP contribution is 2.44. The summed E-state index contributed by atoms with van der Waals surface area (Å²) in [6.45, 7) is 3.69. The molecule has 2 fully saturated rings. The van der Waals surface area contributed by atoms with Gasteiger partial charge in [0.05, 0.1) is 0 Å². The highest BCUT2D eigenvalue weighted by molar-refractivity contribution is 5.11. The van der Waals surface area contributed by atoms with Gasteiger partial charge in [-0.15, -0.1) is 0 Å². The summed E-state index contributed by atoms with van der Waals surface area (Å²) in [5.41, 5.74) is 0. The predicted octanol–water partition coefficient (Wildman–Crippen LogP) is 3.37. The molecule has 0 aromatic heterocycles. The Morgan fingerprint density at radius 2 is 2.00 bits per heavy atom. The van der Waals surface area contributed by atoms with Gasteiger partial charge in [0.15, 0.2) is 0 Å². The maximum absolute atomic E-state index is 3.82. The fraction of sp³-hybridized carbons (Fsp3) is 0.867. The van der Waals surface area contributed by atoms with Crippen LogP contribution in [-0.2, 0) is 0 Å². The monoisotopic (exact) mass is 219 g/mol. The molecule has 1 N–H and O–H groups in total. The second kappa shape index (κ2) is 4.52. The van der Waals surface area contributed by atoms with Crippen LogP contribution in [0.3, 0.4) is 0 Å². The summed E-state index contributed by atoms with van der Waals surface area (Å²) in [4.78, 5) is 0. The quantitative estimate of drug-likeness (QED) is 0.715. The molecule has 2 saturated carbocycles. The summed E-state index contributed by atoms with van der Waals surface area (Å²) in [5.74, 6) is 3.73. The molecule has 0 spiro atoms. The zero-order valence-corrected chi connectivity index (χ0v) is 10.5. The smallest absolute Gasteiger partial charge is 0.00729 e. The molecular weight excluding hydrogens is 194 g/mol. The van der Waals surface area contributed by atoms with E-state index >= 15 is 0 Å². The molecule has 0 radical (unpaired) electrons. The third-order valence-electron chi connectivity index (χ3n) is 5.18. The Morgan fingerprint density at radius 3 is 2.62 bits per heavy atom. The van der Waals surface area contributed by atoms with Crippen LogP contribution in [0.5, 0.6) is 0 Å². The Bertz CT molecular complexity index is 265. The van der Waals surface area contributed by atoms with Gasteiger partial charge < -0.3 is 5.32 Å². The van der Waals surface area contributed by atoms with Crippen molar-refractivity contribution in [2.45, 2.75) is 51.5 Å². The van der Waals surface area contributed by atoms with Crippen LogP contribution in [0.4, 0.5) is 0 Å².